The second-order valence-corrected chi connectivity index (χ2v) is 10.9. The summed E-state index contributed by atoms with van der Waals surface area (Å²) in [7, 11) is 0. The van der Waals surface area contributed by atoms with E-state index in [4.69, 9.17) is 21.7 Å². The van der Waals surface area contributed by atoms with Crippen LogP contribution in [0, 0.1) is 19.3 Å². The molecule has 1 aliphatic heterocycles. The maximum Gasteiger partial charge on any atom is 0.308 e. The third kappa shape index (κ3) is 9.06. The van der Waals surface area contributed by atoms with E-state index in [0.717, 1.165) is 22.4 Å². The minimum Gasteiger partial charge on any atom is -0.493 e. The lowest BCUT2D eigenvalue weighted by Gasteiger charge is -2.37. The summed E-state index contributed by atoms with van der Waals surface area (Å²) in [6.45, 7) is 9.21. The average Bonchev–Trinajstić information content (AvgIpc) is 2.90. The highest BCUT2D eigenvalue weighted by atomic mass is 32.1. The number of benzene rings is 2. The summed E-state index contributed by atoms with van der Waals surface area (Å²) in [4.78, 5) is 39.8. The molecular weight excluding hydrogens is 514 g/mol. The minimum absolute atomic E-state index is 0.136. The average molecular weight is 554 g/mol. The Morgan fingerprint density at radius 2 is 1.87 bits per heavy atom. The van der Waals surface area contributed by atoms with Crippen molar-refractivity contribution in [3.8, 4) is 5.75 Å². The van der Waals surface area contributed by atoms with Crippen molar-refractivity contribution in [3.63, 3.8) is 0 Å². The summed E-state index contributed by atoms with van der Waals surface area (Å²) in [6, 6.07) is 15.0. The summed E-state index contributed by atoms with van der Waals surface area (Å²) >= 11 is 5.52. The SMILES string of the molecule is Cc1ccc(C)c(OCCCC(C)(C)C(=O)NC(=S)N2CCNC(=O)C2CC(=O)OCCc2ccccc2)c1. The standard InChI is InChI=1S/C30H39N3O5S/c1-21-11-12-22(2)25(19-21)37-17-8-14-30(3,4)28(36)32-29(39)33-16-15-31-27(35)24(33)20-26(34)38-18-13-23-9-6-5-7-10-23/h5-7,9-12,19,24H,8,13-18,20H2,1-4H3,(H,31,35)(H,32,36,39). The number of esters is 1. The molecule has 39 heavy (non-hydrogen) atoms. The van der Waals surface area contributed by atoms with Gasteiger partial charge in [-0.1, -0.05) is 56.3 Å². The van der Waals surface area contributed by atoms with E-state index < -0.39 is 17.4 Å². The van der Waals surface area contributed by atoms with E-state index in [1.54, 1.807) is 4.90 Å². The van der Waals surface area contributed by atoms with E-state index in [-0.39, 0.29) is 30.0 Å². The Labute approximate surface area is 236 Å². The number of thiocarbonyl (C=S) groups is 1. The number of amides is 2. The molecule has 2 N–H and O–H groups in total. The first-order valence-electron chi connectivity index (χ1n) is 13.4. The highest BCUT2D eigenvalue weighted by Gasteiger charge is 2.36. The zero-order chi connectivity index (χ0) is 28.4. The molecule has 0 saturated carbocycles. The molecule has 2 aromatic carbocycles. The predicted octanol–water partition coefficient (Wildman–Crippen LogP) is 3.87. The second kappa shape index (κ2) is 14.1. The molecule has 0 aliphatic carbocycles. The molecule has 2 aromatic rings. The third-order valence-corrected chi connectivity index (χ3v) is 7.17. The van der Waals surface area contributed by atoms with Gasteiger partial charge in [0, 0.05) is 24.9 Å². The molecule has 210 valence electrons. The normalized spacial score (nSPS) is 15.3. The fourth-order valence-electron chi connectivity index (χ4n) is 4.32. The van der Waals surface area contributed by atoms with E-state index >= 15 is 0 Å². The number of aryl methyl sites for hydroxylation is 2. The Kier molecular flexibility index (Phi) is 10.9. The molecule has 1 saturated heterocycles. The zero-order valence-corrected chi connectivity index (χ0v) is 24.1. The van der Waals surface area contributed by atoms with Gasteiger partial charge in [0.25, 0.3) is 0 Å². The van der Waals surface area contributed by atoms with Crippen molar-refractivity contribution in [1.82, 2.24) is 15.5 Å². The lowest BCUT2D eigenvalue weighted by molar-refractivity contribution is -0.147. The van der Waals surface area contributed by atoms with Gasteiger partial charge in [-0.25, -0.2) is 0 Å². The highest BCUT2D eigenvalue weighted by molar-refractivity contribution is 7.80. The summed E-state index contributed by atoms with van der Waals surface area (Å²) < 4.78 is 11.3. The van der Waals surface area contributed by atoms with Crippen LogP contribution < -0.4 is 15.4 Å². The molecule has 0 radical (unpaired) electrons. The second-order valence-electron chi connectivity index (χ2n) is 10.5. The van der Waals surface area contributed by atoms with E-state index in [0.29, 0.717) is 39.0 Å². The van der Waals surface area contributed by atoms with Crippen LogP contribution in [0.1, 0.15) is 49.8 Å². The van der Waals surface area contributed by atoms with Crippen LogP contribution in [0.2, 0.25) is 0 Å². The topological polar surface area (TPSA) is 97.0 Å². The molecule has 1 fully saturated rings. The van der Waals surface area contributed by atoms with E-state index in [1.807, 2.05) is 76.2 Å². The molecule has 1 unspecified atom stereocenters. The number of carbonyl (C=O) groups excluding carboxylic acids is 3. The van der Waals surface area contributed by atoms with Gasteiger partial charge in [-0.2, -0.15) is 0 Å². The van der Waals surface area contributed by atoms with Gasteiger partial charge in [0.1, 0.15) is 11.8 Å². The number of hydrogen-bond donors (Lipinski definition) is 2. The van der Waals surface area contributed by atoms with Gasteiger partial charge in [-0.3, -0.25) is 14.4 Å². The van der Waals surface area contributed by atoms with Crippen molar-refractivity contribution in [1.29, 1.82) is 0 Å². The number of nitrogens with zero attached hydrogens (tertiary/aromatic N) is 1. The van der Waals surface area contributed by atoms with E-state index in [2.05, 4.69) is 10.6 Å². The minimum atomic E-state index is -0.843. The quantitative estimate of drug-likeness (QED) is 0.248. The van der Waals surface area contributed by atoms with Gasteiger partial charge in [-0.15, -0.1) is 0 Å². The monoisotopic (exact) mass is 553 g/mol. The molecule has 8 nitrogen and oxygen atoms in total. The first-order chi connectivity index (χ1) is 18.6. The predicted molar refractivity (Wildman–Crippen MR) is 154 cm³/mol. The maximum atomic E-state index is 13.1. The van der Waals surface area contributed by atoms with Gasteiger partial charge in [0.15, 0.2) is 5.11 Å². The number of nitrogens with one attached hydrogen (secondary N) is 2. The van der Waals surface area contributed by atoms with Crippen molar-refractivity contribution >= 4 is 35.1 Å². The summed E-state index contributed by atoms with van der Waals surface area (Å²) in [5.74, 6) is -0.196. The Balaban J connectivity index is 1.48. The summed E-state index contributed by atoms with van der Waals surface area (Å²) in [5.41, 5.74) is 2.56. The number of piperazine rings is 1. The first-order valence-corrected chi connectivity index (χ1v) is 13.8. The zero-order valence-electron chi connectivity index (χ0n) is 23.2. The van der Waals surface area contributed by atoms with Crippen LogP contribution >= 0.6 is 12.2 Å². The van der Waals surface area contributed by atoms with Crippen LogP contribution in [0.25, 0.3) is 0 Å². The Morgan fingerprint density at radius 1 is 1.13 bits per heavy atom. The van der Waals surface area contributed by atoms with E-state index in [9.17, 15) is 14.4 Å². The fraction of sp³-hybridized carbons (Fsp3) is 0.467. The van der Waals surface area contributed by atoms with Gasteiger partial charge >= 0.3 is 5.97 Å². The molecule has 9 heteroatoms. The van der Waals surface area contributed by atoms with Gasteiger partial charge < -0.3 is 25.0 Å². The maximum absolute atomic E-state index is 13.1. The Morgan fingerprint density at radius 3 is 2.62 bits per heavy atom. The Hall–Kier alpha value is -3.46. The van der Waals surface area contributed by atoms with Crippen molar-refractivity contribution < 1.29 is 23.9 Å². The van der Waals surface area contributed by atoms with Gasteiger partial charge in [0.05, 0.1) is 19.6 Å². The molecular formula is C30H39N3O5S. The third-order valence-electron chi connectivity index (χ3n) is 6.83. The van der Waals surface area contributed by atoms with E-state index in [1.165, 1.54) is 0 Å². The van der Waals surface area contributed by atoms with Crippen LogP contribution in [0.5, 0.6) is 5.75 Å². The number of hydrogen-bond acceptors (Lipinski definition) is 6. The van der Waals surface area contributed by atoms with Crippen molar-refractivity contribution in [2.45, 2.75) is 59.4 Å². The largest absolute Gasteiger partial charge is 0.493 e. The van der Waals surface area contributed by atoms with Crippen molar-refractivity contribution in [2.24, 2.45) is 5.41 Å². The summed E-state index contributed by atoms with van der Waals surface area (Å²) in [5, 5.41) is 5.70. The molecule has 0 spiro atoms. The van der Waals surface area contributed by atoms with Crippen molar-refractivity contribution in [3.05, 3.63) is 65.2 Å². The molecule has 1 aliphatic rings. The van der Waals surface area contributed by atoms with Crippen LogP contribution in [0.3, 0.4) is 0 Å². The molecule has 3 rings (SSSR count). The lowest BCUT2D eigenvalue weighted by Crippen LogP contribution is -2.61. The van der Waals surface area contributed by atoms with Gasteiger partial charge in [-0.05, 0) is 61.7 Å². The number of rotatable bonds is 11. The van der Waals surface area contributed by atoms with Crippen LogP contribution in [0.15, 0.2) is 48.5 Å². The molecule has 0 bridgehead atoms. The van der Waals surface area contributed by atoms with Gasteiger partial charge in [0.2, 0.25) is 11.8 Å². The van der Waals surface area contributed by atoms with Crippen LogP contribution in [-0.2, 0) is 25.5 Å². The molecule has 2 amide bonds. The fourth-order valence-corrected chi connectivity index (χ4v) is 4.63. The molecule has 1 atom stereocenters. The smallest absolute Gasteiger partial charge is 0.308 e. The number of carbonyl (C=O) groups is 3. The first kappa shape index (κ1) is 30.1. The molecule has 1 heterocycles. The number of ether oxygens (including phenoxy) is 2. The summed E-state index contributed by atoms with van der Waals surface area (Å²) in [6.07, 6.45) is 1.70. The van der Waals surface area contributed by atoms with Crippen LogP contribution in [0.4, 0.5) is 0 Å². The molecule has 0 aromatic heterocycles. The Bertz CT molecular complexity index is 1170. The van der Waals surface area contributed by atoms with Crippen molar-refractivity contribution in [2.75, 3.05) is 26.3 Å². The lowest BCUT2D eigenvalue weighted by atomic mass is 9.87. The van der Waals surface area contributed by atoms with Crippen LogP contribution in [-0.4, -0.2) is 60.1 Å². The highest BCUT2D eigenvalue weighted by Crippen LogP contribution is 2.24.